The first kappa shape index (κ1) is 21.2. The van der Waals surface area contributed by atoms with Crippen LogP contribution in [0.2, 0.25) is 0 Å². The fraction of sp³-hybridized carbons (Fsp3) is 0.409. The maximum Gasteiger partial charge on any atom is 0.310 e. The highest BCUT2D eigenvalue weighted by molar-refractivity contribution is 7.42. The number of phenols is 1. The van der Waals surface area contributed by atoms with E-state index in [2.05, 4.69) is 26.0 Å². The molecule has 1 N–H and O–H groups in total. The molecule has 0 radical (unpaired) electrons. The van der Waals surface area contributed by atoms with Gasteiger partial charge in [-0.2, -0.15) is 0 Å². The lowest BCUT2D eigenvalue weighted by Gasteiger charge is -2.14. The molecule has 0 spiro atoms. The molecule has 1 atom stereocenters. The molecule has 0 aliphatic rings. The number of benzene rings is 2. The molecule has 27 heavy (non-hydrogen) atoms. The van der Waals surface area contributed by atoms with Crippen molar-refractivity contribution in [2.75, 3.05) is 6.66 Å². The number of esters is 1. The molecule has 5 heteroatoms. The summed E-state index contributed by atoms with van der Waals surface area (Å²) in [5.41, 5.74) is 6.28. The van der Waals surface area contributed by atoms with Gasteiger partial charge in [0.15, 0.2) is 0 Å². The van der Waals surface area contributed by atoms with E-state index in [9.17, 15) is 14.5 Å². The molecule has 0 heterocycles. The minimum Gasteiger partial charge on any atom is -0.508 e. The topological polar surface area (TPSA) is 63.6 Å². The number of aryl methyl sites for hydroxylation is 2. The molecular formula is C22H29O4P. The molecule has 0 amide bonds. The standard InChI is InChI=1S/C22H29O4P/c1-14(2)26-22(24)12-19-10-17(6-7-21(19)23)11-20-15(3)8-18(9-16(20)4)13-27(5)25/h6-10,14,23,27H,11-13H2,1-5H3. The first-order chi connectivity index (χ1) is 12.7. The van der Waals surface area contributed by atoms with Crippen molar-refractivity contribution < 1.29 is 19.2 Å². The summed E-state index contributed by atoms with van der Waals surface area (Å²) in [4.78, 5) is 11.9. The van der Waals surface area contributed by atoms with E-state index >= 15 is 0 Å². The summed E-state index contributed by atoms with van der Waals surface area (Å²) in [7, 11) is -1.54. The van der Waals surface area contributed by atoms with Gasteiger partial charge in [0.1, 0.15) is 5.75 Å². The molecule has 0 saturated carbocycles. The fourth-order valence-electron chi connectivity index (χ4n) is 3.31. The van der Waals surface area contributed by atoms with Crippen molar-refractivity contribution in [2.45, 2.75) is 52.8 Å². The van der Waals surface area contributed by atoms with E-state index < -0.39 is 7.80 Å². The summed E-state index contributed by atoms with van der Waals surface area (Å²) in [6.45, 7) is 9.53. The van der Waals surface area contributed by atoms with E-state index in [-0.39, 0.29) is 24.2 Å². The number of rotatable bonds is 7. The van der Waals surface area contributed by atoms with Crippen LogP contribution in [0.1, 0.15) is 47.2 Å². The Morgan fingerprint density at radius 2 is 1.74 bits per heavy atom. The van der Waals surface area contributed by atoms with Crippen LogP contribution in [0, 0.1) is 13.8 Å². The molecule has 0 aliphatic carbocycles. The average Bonchev–Trinajstić information content (AvgIpc) is 2.52. The number of carbonyl (C=O) groups excluding carboxylic acids is 1. The lowest BCUT2D eigenvalue weighted by Crippen LogP contribution is -2.13. The highest BCUT2D eigenvalue weighted by Crippen LogP contribution is 2.28. The predicted octanol–water partition coefficient (Wildman–Crippen LogP) is 4.78. The number of aromatic hydroxyl groups is 1. The second-order valence-electron chi connectivity index (χ2n) is 7.44. The normalized spacial score (nSPS) is 12.2. The molecule has 1 unspecified atom stereocenters. The number of ether oxygens (including phenoxy) is 1. The predicted molar refractivity (Wildman–Crippen MR) is 110 cm³/mol. The summed E-state index contributed by atoms with van der Waals surface area (Å²) < 4.78 is 16.7. The fourth-order valence-corrected chi connectivity index (χ4v) is 4.09. The van der Waals surface area contributed by atoms with E-state index in [1.165, 1.54) is 16.7 Å². The smallest absolute Gasteiger partial charge is 0.310 e. The zero-order valence-corrected chi connectivity index (χ0v) is 17.8. The van der Waals surface area contributed by atoms with Crippen LogP contribution in [0.15, 0.2) is 30.3 Å². The molecule has 0 aromatic heterocycles. The van der Waals surface area contributed by atoms with E-state index in [4.69, 9.17) is 4.74 Å². The van der Waals surface area contributed by atoms with Gasteiger partial charge in [0.05, 0.1) is 20.3 Å². The third-order valence-electron chi connectivity index (χ3n) is 4.44. The van der Waals surface area contributed by atoms with Crippen LogP contribution in [0.5, 0.6) is 5.75 Å². The van der Waals surface area contributed by atoms with Crippen molar-refractivity contribution in [1.29, 1.82) is 0 Å². The Balaban J connectivity index is 2.24. The van der Waals surface area contributed by atoms with Crippen molar-refractivity contribution in [3.63, 3.8) is 0 Å². The Kier molecular flexibility index (Phi) is 7.26. The van der Waals surface area contributed by atoms with Crippen LogP contribution in [-0.2, 0) is 33.1 Å². The minimum absolute atomic E-state index is 0.0551. The van der Waals surface area contributed by atoms with Gasteiger partial charge in [-0.15, -0.1) is 0 Å². The maximum atomic E-state index is 11.9. The Morgan fingerprint density at radius 1 is 1.11 bits per heavy atom. The zero-order chi connectivity index (χ0) is 20.1. The molecule has 0 saturated heterocycles. The first-order valence-electron chi connectivity index (χ1n) is 9.24. The molecule has 4 nitrogen and oxygen atoms in total. The van der Waals surface area contributed by atoms with E-state index in [0.29, 0.717) is 18.1 Å². The van der Waals surface area contributed by atoms with Gasteiger partial charge in [-0.25, -0.2) is 0 Å². The molecule has 0 fully saturated rings. The van der Waals surface area contributed by atoms with Gasteiger partial charge in [0.2, 0.25) is 0 Å². The van der Waals surface area contributed by atoms with E-state index in [0.717, 1.165) is 11.1 Å². The van der Waals surface area contributed by atoms with Crippen LogP contribution in [0.4, 0.5) is 0 Å². The first-order valence-corrected chi connectivity index (χ1v) is 11.4. The lowest BCUT2D eigenvalue weighted by molar-refractivity contribution is -0.146. The third-order valence-corrected chi connectivity index (χ3v) is 5.34. The third kappa shape index (κ3) is 6.25. The van der Waals surface area contributed by atoms with Crippen LogP contribution < -0.4 is 0 Å². The van der Waals surface area contributed by atoms with Crippen molar-refractivity contribution in [3.05, 3.63) is 63.7 Å². The molecule has 146 valence electrons. The summed E-state index contributed by atoms with van der Waals surface area (Å²) in [5, 5.41) is 10.1. The Morgan fingerprint density at radius 3 is 2.30 bits per heavy atom. The van der Waals surface area contributed by atoms with Gasteiger partial charge in [-0.3, -0.25) is 4.79 Å². The molecule has 0 aliphatic heterocycles. The van der Waals surface area contributed by atoms with E-state index in [1.54, 1.807) is 26.6 Å². The summed E-state index contributed by atoms with van der Waals surface area (Å²) in [6, 6.07) is 9.60. The quantitative estimate of drug-likeness (QED) is 0.547. The Hall–Kier alpha value is -2.06. The van der Waals surface area contributed by atoms with Crippen LogP contribution in [0.25, 0.3) is 0 Å². The number of hydrogen-bond donors (Lipinski definition) is 1. The van der Waals surface area contributed by atoms with E-state index in [1.807, 2.05) is 12.1 Å². The van der Waals surface area contributed by atoms with Crippen molar-refractivity contribution >= 4 is 13.8 Å². The molecule has 2 aromatic carbocycles. The average molecular weight is 388 g/mol. The SMILES string of the molecule is Cc1cc(C[PH](C)=O)cc(C)c1Cc1ccc(O)c(CC(=O)OC(C)C)c1. The zero-order valence-electron chi connectivity index (χ0n) is 16.8. The monoisotopic (exact) mass is 388 g/mol. The molecule has 2 aromatic rings. The maximum absolute atomic E-state index is 11.9. The number of carbonyl (C=O) groups is 1. The molecule has 2 rings (SSSR count). The highest BCUT2D eigenvalue weighted by atomic mass is 31.1. The molecular weight excluding hydrogens is 359 g/mol. The van der Waals surface area contributed by atoms with Crippen molar-refractivity contribution in [1.82, 2.24) is 0 Å². The number of hydrogen-bond acceptors (Lipinski definition) is 4. The van der Waals surface area contributed by atoms with Gasteiger partial charge in [-0.05, 0) is 74.7 Å². The van der Waals surface area contributed by atoms with Crippen molar-refractivity contribution in [2.24, 2.45) is 0 Å². The second-order valence-corrected chi connectivity index (χ2v) is 9.20. The second kappa shape index (κ2) is 9.23. The summed E-state index contributed by atoms with van der Waals surface area (Å²) >= 11 is 0. The van der Waals surface area contributed by atoms with Gasteiger partial charge in [0.25, 0.3) is 0 Å². The Labute approximate surface area is 162 Å². The number of phenolic OH excluding ortho intramolecular Hbond substituents is 1. The van der Waals surface area contributed by atoms with Gasteiger partial charge in [0, 0.05) is 11.7 Å². The van der Waals surface area contributed by atoms with Crippen LogP contribution in [-0.4, -0.2) is 23.8 Å². The van der Waals surface area contributed by atoms with Gasteiger partial charge >= 0.3 is 5.97 Å². The summed E-state index contributed by atoms with van der Waals surface area (Å²) in [6.07, 6.45) is 1.23. The highest BCUT2D eigenvalue weighted by Gasteiger charge is 2.13. The molecule has 0 bridgehead atoms. The minimum atomic E-state index is -1.54. The Bertz CT molecular complexity index is 832. The lowest BCUT2D eigenvalue weighted by atomic mass is 9.93. The van der Waals surface area contributed by atoms with Crippen LogP contribution in [0.3, 0.4) is 0 Å². The van der Waals surface area contributed by atoms with Crippen LogP contribution >= 0.6 is 7.80 Å². The summed E-state index contributed by atoms with van der Waals surface area (Å²) in [5.74, 6) is -0.236. The van der Waals surface area contributed by atoms with Gasteiger partial charge < -0.3 is 14.4 Å². The largest absolute Gasteiger partial charge is 0.508 e. The van der Waals surface area contributed by atoms with Crippen molar-refractivity contribution in [3.8, 4) is 5.75 Å². The van der Waals surface area contributed by atoms with Gasteiger partial charge in [-0.1, -0.05) is 24.3 Å².